The van der Waals surface area contributed by atoms with E-state index in [-0.39, 0.29) is 36.6 Å². The Morgan fingerprint density at radius 1 is 1.00 bits per heavy atom. The second-order valence-electron chi connectivity index (χ2n) is 6.21. The number of anilines is 3. The number of carbonyl (C=O) groups excluding carboxylic acids is 2. The predicted molar refractivity (Wildman–Crippen MR) is 121 cm³/mol. The quantitative estimate of drug-likeness (QED) is 0.594. The van der Waals surface area contributed by atoms with Crippen molar-refractivity contribution in [2.45, 2.75) is 0 Å². The van der Waals surface area contributed by atoms with Gasteiger partial charge in [0.05, 0.1) is 30.3 Å². The molecule has 0 aromatic heterocycles. The lowest BCUT2D eigenvalue weighted by molar-refractivity contribution is -0.118. The van der Waals surface area contributed by atoms with Gasteiger partial charge in [-0.15, -0.1) is 24.8 Å². The second kappa shape index (κ2) is 11.8. The third-order valence-corrected chi connectivity index (χ3v) is 4.45. The van der Waals surface area contributed by atoms with Gasteiger partial charge in [0.15, 0.2) is 0 Å². The molecule has 0 radical (unpaired) electrons. The first-order valence-electron chi connectivity index (χ1n) is 8.57. The molecular formula is C19H23Cl3N4O3. The zero-order valence-corrected chi connectivity index (χ0v) is 17.9. The molecule has 0 aliphatic carbocycles. The molecule has 1 aliphatic heterocycles. The van der Waals surface area contributed by atoms with Crippen molar-refractivity contribution in [3.63, 3.8) is 0 Å². The Morgan fingerprint density at radius 2 is 1.59 bits per heavy atom. The number of nitrogens with two attached hydrogens (primary N) is 1. The highest BCUT2D eigenvalue weighted by atomic mass is 35.5. The lowest BCUT2D eigenvalue weighted by Crippen LogP contribution is -2.41. The standard InChI is InChI=1S/C19H21ClN4O3.2ClH/c20-17-11-13(21)1-6-16(17)19(26)23-15-4-2-14(3-5-15)22-18(25)12-24-7-9-27-10-8-24;;/h1-6,11H,7-10,12,21H2,(H,22,25)(H,23,26);2*1H. The van der Waals surface area contributed by atoms with Crippen LogP contribution in [-0.2, 0) is 9.53 Å². The summed E-state index contributed by atoms with van der Waals surface area (Å²) in [5, 5.41) is 5.90. The van der Waals surface area contributed by atoms with Gasteiger partial charge in [0, 0.05) is 30.2 Å². The summed E-state index contributed by atoms with van der Waals surface area (Å²) in [6.07, 6.45) is 0. The molecule has 0 saturated carbocycles. The molecule has 4 N–H and O–H groups in total. The fraction of sp³-hybridized carbons (Fsp3) is 0.263. The van der Waals surface area contributed by atoms with Gasteiger partial charge in [-0.05, 0) is 42.5 Å². The number of hydrogen-bond acceptors (Lipinski definition) is 5. The summed E-state index contributed by atoms with van der Waals surface area (Å²) in [5.41, 5.74) is 7.73. The van der Waals surface area contributed by atoms with Crippen LogP contribution in [0.1, 0.15) is 10.4 Å². The topological polar surface area (TPSA) is 96.7 Å². The molecule has 2 amide bonds. The minimum absolute atomic E-state index is 0. The smallest absolute Gasteiger partial charge is 0.257 e. The van der Waals surface area contributed by atoms with Gasteiger partial charge in [0.1, 0.15) is 0 Å². The highest BCUT2D eigenvalue weighted by Gasteiger charge is 2.14. The van der Waals surface area contributed by atoms with E-state index in [1.807, 2.05) is 4.90 Å². The van der Waals surface area contributed by atoms with Gasteiger partial charge < -0.3 is 21.1 Å². The molecule has 3 rings (SSSR count). The molecule has 29 heavy (non-hydrogen) atoms. The van der Waals surface area contributed by atoms with Crippen LogP contribution in [0, 0.1) is 0 Å². The summed E-state index contributed by atoms with van der Waals surface area (Å²) in [6, 6.07) is 11.6. The van der Waals surface area contributed by atoms with Gasteiger partial charge in [0.25, 0.3) is 5.91 Å². The van der Waals surface area contributed by atoms with E-state index in [0.717, 1.165) is 13.1 Å². The number of carbonyl (C=O) groups is 2. The molecule has 0 atom stereocenters. The highest BCUT2D eigenvalue weighted by Crippen LogP contribution is 2.21. The van der Waals surface area contributed by atoms with Gasteiger partial charge in [-0.2, -0.15) is 0 Å². The van der Waals surface area contributed by atoms with Gasteiger partial charge >= 0.3 is 0 Å². The predicted octanol–water partition coefficient (Wildman–Crippen LogP) is 3.29. The number of amides is 2. The zero-order valence-electron chi connectivity index (χ0n) is 15.5. The summed E-state index contributed by atoms with van der Waals surface area (Å²) in [4.78, 5) is 26.5. The Balaban J connectivity index is 0.00000210. The van der Waals surface area contributed by atoms with Crippen LogP contribution < -0.4 is 16.4 Å². The minimum Gasteiger partial charge on any atom is -0.399 e. The van der Waals surface area contributed by atoms with Crippen molar-refractivity contribution in [3.05, 3.63) is 53.1 Å². The second-order valence-corrected chi connectivity index (χ2v) is 6.61. The molecular weight excluding hydrogens is 439 g/mol. The molecule has 2 aromatic rings. The van der Waals surface area contributed by atoms with E-state index < -0.39 is 0 Å². The number of nitrogens with one attached hydrogen (secondary N) is 2. The van der Waals surface area contributed by atoms with Gasteiger partial charge in [-0.1, -0.05) is 11.6 Å². The van der Waals surface area contributed by atoms with Crippen molar-refractivity contribution in [1.82, 2.24) is 4.90 Å². The zero-order chi connectivity index (χ0) is 19.2. The molecule has 1 heterocycles. The largest absolute Gasteiger partial charge is 0.399 e. The Morgan fingerprint density at radius 3 is 2.17 bits per heavy atom. The third-order valence-electron chi connectivity index (χ3n) is 4.14. The van der Waals surface area contributed by atoms with E-state index in [0.29, 0.717) is 47.4 Å². The van der Waals surface area contributed by atoms with Crippen molar-refractivity contribution in [2.24, 2.45) is 0 Å². The monoisotopic (exact) mass is 460 g/mol. The number of ether oxygens (including phenoxy) is 1. The number of benzene rings is 2. The molecule has 7 nitrogen and oxygen atoms in total. The molecule has 1 saturated heterocycles. The first kappa shape index (κ1) is 25.0. The van der Waals surface area contributed by atoms with Crippen molar-refractivity contribution in [3.8, 4) is 0 Å². The maximum atomic E-state index is 12.3. The van der Waals surface area contributed by atoms with Crippen LogP contribution in [0.3, 0.4) is 0 Å². The summed E-state index contributed by atoms with van der Waals surface area (Å²) in [5.74, 6) is -0.411. The molecule has 10 heteroatoms. The molecule has 1 aliphatic rings. The van der Waals surface area contributed by atoms with E-state index in [2.05, 4.69) is 10.6 Å². The molecule has 0 unspecified atom stereocenters. The number of nitrogen functional groups attached to an aromatic ring is 1. The van der Waals surface area contributed by atoms with Gasteiger partial charge in [-0.3, -0.25) is 14.5 Å². The molecule has 2 aromatic carbocycles. The van der Waals surface area contributed by atoms with Crippen LogP contribution in [0.2, 0.25) is 5.02 Å². The number of rotatable bonds is 5. The first-order chi connectivity index (χ1) is 13.0. The minimum atomic E-state index is -0.330. The normalized spacial score (nSPS) is 13.6. The van der Waals surface area contributed by atoms with Crippen LogP contribution in [-0.4, -0.2) is 49.6 Å². The Bertz CT molecular complexity index is 828. The SMILES string of the molecule is Cl.Cl.Nc1ccc(C(=O)Nc2ccc(NC(=O)CN3CCOCC3)cc2)c(Cl)c1. The van der Waals surface area contributed by atoms with Gasteiger partial charge in [-0.25, -0.2) is 0 Å². The average Bonchev–Trinajstić information content (AvgIpc) is 2.64. The third kappa shape index (κ3) is 7.38. The maximum Gasteiger partial charge on any atom is 0.257 e. The van der Waals surface area contributed by atoms with Crippen molar-refractivity contribution in [1.29, 1.82) is 0 Å². The Labute approximate surface area is 186 Å². The molecule has 1 fully saturated rings. The van der Waals surface area contributed by atoms with E-state index in [1.54, 1.807) is 36.4 Å². The summed E-state index contributed by atoms with van der Waals surface area (Å²) >= 11 is 6.05. The number of morpholine rings is 1. The summed E-state index contributed by atoms with van der Waals surface area (Å²) in [6.45, 7) is 3.15. The molecule has 0 bridgehead atoms. The van der Waals surface area contributed by atoms with E-state index in [4.69, 9.17) is 22.1 Å². The lowest BCUT2D eigenvalue weighted by atomic mass is 10.2. The van der Waals surface area contributed by atoms with Crippen LogP contribution >= 0.6 is 36.4 Å². The van der Waals surface area contributed by atoms with Gasteiger partial charge in [0.2, 0.25) is 5.91 Å². The number of halogens is 3. The summed E-state index contributed by atoms with van der Waals surface area (Å²) < 4.78 is 5.27. The Hall–Kier alpha value is -2.03. The lowest BCUT2D eigenvalue weighted by Gasteiger charge is -2.25. The van der Waals surface area contributed by atoms with Crippen LogP contribution in [0.15, 0.2) is 42.5 Å². The highest BCUT2D eigenvalue weighted by molar-refractivity contribution is 6.34. The Kier molecular flexibility index (Phi) is 10.2. The van der Waals surface area contributed by atoms with Crippen molar-refractivity contribution in [2.75, 3.05) is 49.2 Å². The first-order valence-corrected chi connectivity index (χ1v) is 8.95. The average molecular weight is 462 g/mol. The van der Waals surface area contributed by atoms with Crippen LogP contribution in [0.25, 0.3) is 0 Å². The fourth-order valence-electron chi connectivity index (χ4n) is 2.71. The van der Waals surface area contributed by atoms with Crippen LogP contribution in [0.4, 0.5) is 17.1 Å². The van der Waals surface area contributed by atoms with E-state index in [1.165, 1.54) is 6.07 Å². The summed E-state index contributed by atoms with van der Waals surface area (Å²) in [7, 11) is 0. The maximum absolute atomic E-state index is 12.3. The van der Waals surface area contributed by atoms with E-state index >= 15 is 0 Å². The van der Waals surface area contributed by atoms with Crippen molar-refractivity contribution >= 4 is 65.3 Å². The number of hydrogen-bond donors (Lipinski definition) is 3. The van der Waals surface area contributed by atoms with Crippen molar-refractivity contribution < 1.29 is 14.3 Å². The van der Waals surface area contributed by atoms with E-state index in [9.17, 15) is 9.59 Å². The fourth-order valence-corrected chi connectivity index (χ4v) is 2.99. The van der Waals surface area contributed by atoms with Crippen LogP contribution in [0.5, 0.6) is 0 Å². The molecule has 158 valence electrons. The molecule has 0 spiro atoms. The number of nitrogens with zero attached hydrogens (tertiary/aromatic N) is 1.